The van der Waals surface area contributed by atoms with Gasteiger partial charge in [0.15, 0.2) is 16.7 Å². The van der Waals surface area contributed by atoms with Crippen LogP contribution < -0.4 is 9.47 Å². The fourth-order valence-corrected chi connectivity index (χ4v) is 4.44. The SMILES string of the molecule is C=CCOc1c(Br)cc([C@H]2C(C(=O)OCC)=C(C)N=C3SC=CN32)cc1OC. The molecular weight excluding hydrogens is 444 g/mol. The summed E-state index contributed by atoms with van der Waals surface area (Å²) in [6.45, 7) is 7.94. The predicted octanol–water partition coefficient (Wildman–Crippen LogP) is 4.79. The molecule has 0 unspecified atom stereocenters. The number of carbonyl (C=O) groups is 1. The highest BCUT2D eigenvalue weighted by atomic mass is 79.9. The number of rotatable bonds is 7. The summed E-state index contributed by atoms with van der Waals surface area (Å²) in [4.78, 5) is 19.3. The first-order valence-corrected chi connectivity index (χ1v) is 10.4. The Kier molecular flexibility index (Phi) is 6.51. The summed E-state index contributed by atoms with van der Waals surface area (Å²) in [5.74, 6) is 0.771. The lowest BCUT2D eigenvalue weighted by Crippen LogP contribution is -2.34. The molecule has 148 valence electrons. The minimum atomic E-state index is -0.378. The van der Waals surface area contributed by atoms with Gasteiger partial charge in [-0.3, -0.25) is 0 Å². The van der Waals surface area contributed by atoms with Crippen molar-refractivity contribution in [2.24, 2.45) is 4.99 Å². The zero-order chi connectivity index (χ0) is 20.3. The first kappa shape index (κ1) is 20.5. The van der Waals surface area contributed by atoms with E-state index in [-0.39, 0.29) is 12.0 Å². The molecule has 0 bridgehead atoms. The molecule has 1 aromatic carbocycles. The van der Waals surface area contributed by atoms with E-state index in [2.05, 4.69) is 27.5 Å². The highest BCUT2D eigenvalue weighted by Crippen LogP contribution is 2.45. The maximum Gasteiger partial charge on any atom is 0.338 e. The van der Waals surface area contributed by atoms with Gasteiger partial charge in [0.1, 0.15) is 6.61 Å². The zero-order valence-corrected chi connectivity index (χ0v) is 18.3. The molecule has 2 aliphatic rings. The van der Waals surface area contributed by atoms with E-state index in [4.69, 9.17) is 14.2 Å². The number of allylic oxidation sites excluding steroid dienone is 1. The molecule has 0 radical (unpaired) electrons. The minimum Gasteiger partial charge on any atom is -0.493 e. The first-order chi connectivity index (χ1) is 13.5. The van der Waals surface area contributed by atoms with Crippen molar-refractivity contribution >= 4 is 38.8 Å². The van der Waals surface area contributed by atoms with Gasteiger partial charge in [-0.2, -0.15) is 0 Å². The van der Waals surface area contributed by atoms with Crippen molar-refractivity contribution < 1.29 is 19.0 Å². The van der Waals surface area contributed by atoms with Crippen molar-refractivity contribution in [1.29, 1.82) is 0 Å². The topological polar surface area (TPSA) is 60.4 Å². The number of aliphatic imine (C=N–C) groups is 1. The Morgan fingerprint density at radius 2 is 2.25 bits per heavy atom. The summed E-state index contributed by atoms with van der Waals surface area (Å²) >= 11 is 5.08. The summed E-state index contributed by atoms with van der Waals surface area (Å²) in [5, 5.41) is 2.76. The largest absolute Gasteiger partial charge is 0.493 e. The van der Waals surface area contributed by atoms with E-state index in [1.165, 1.54) is 11.8 Å². The number of halogens is 1. The molecule has 0 aromatic heterocycles. The monoisotopic (exact) mass is 464 g/mol. The van der Waals surface area contributed by atoms with Gasteiger partial charge in [-0.05, 0) is 52.9 Å². The van der Waals surface area contributed by atoms with E-state index >= 15 is 0 Å². The van der Waals surface area contributed by atoms with E-state index in [9.17, 15) is 4.79 Å². The number of hydrogen-bond acceptors (Lipinski definition) is 7. The number of benzene rings is 1. The molecule has 0 saturated carbocycles. The molecule has 1 atom stereocenters. The van der Waals surface area contributed by atoms with Crippen molar-refractivity contribution in [2.45, 2.75) is 19.9 Å². The van der Waals surface area contributed by atoms with Gasteiger partial charge in [0, 0.05) is 6.20 Å². The Hall–Kier alpha value is -2.19. The van der Waals surface area contributed by atoms with Gasteiger partial charge in [-0.25, -0.2) is 9.79 Å². The maximum atomic E-state index is 12.7. The number of ether oxygens (including phenoxy) is 3. The Bertz CT molecular complexity index is 894. The lowest BCUT2D eigenvalue weighted by molar-refractivity contribution is -0.139. The molecule has 1 aromatic rings. The maximum absolute atomic E-state index is 12.7. The van der Waals surface area contributed by atoms with Gasteiger partial charge in [0.25, 0.3) is 0 Å². The fraction of sp³-hybridized carbons (Fsp3) is 0.300. The molecule has 2 aliphatic heterocycles. The van der Waals surface area contributed by atoms with Gasteiger partial charge in [-0.15, -0.1) is 0 Å². The van der Waals surface area contributed by atoms with Crippen LogP contribution in [-0.2, 0) is 9.53 Å². The van der Waals surface area contributed by atoms with Crippen LogP contribution in [0.1, 0.15) is 25.5 Å². The number of thioether (sulfide) groups is 1. The first-order valence-electron chi connectivity index (χ1n) is 8.71. The van der Waals surface area contributed by atoms with Crippen LogP contribution in [0.2, 0.25) is 0 Å². The second-order valence-corrected chi connectivity index (χ2v) is 7.69. The molecule has 28 heavy (non-hydrogen) atoms. The van der Waals surface area contributed by atoms with Crippen molar-refractivity contribution in [3.05, 3.63) is 57.7 Å². The van der Waals surface area contributed by atoms with Gasteiger partial charge in [0.2, 0.25) is 0 Å². The Morgan fingerprint density at radius 1 is 1.46 bits per heavy atom. The molecule has 0 fully saturated rings. The third kappa shape index (κ3) is 3.84. The third-order valence-electron chi connectivity index (χ3n) is 4.23. The Labute approximate surface area is 177 Å². The molecule has 0 amide bonds. The second-order valence-electron chi connectivity index (χ2n) is 5.96. The van der Waals surface area contributed by atoms with E-state index in [0.29, 0.717) is 36.0 Å². The number of esters is 1. The molecule has 3 rings (SSSR count). The highest BCUT2D eigenvalue weighted by molar-refractivity contribution is 9.10. The average molecular weight is 465 g/mol. The van der Waals surface area contributed by atoms with Crippen LogP contribution in [0, 0.1) is 0 Å². The summed E-state index contributed by atoms with van der Waals surface area (Å²) in [6, 6.07) is 3.43. The quantitative estimate of drug-likeness (QED) is 0.426. The predicted molar refractivity (Wildman–Crippen MR) is 114 cm³/mol. The van der Waals surface area contributed by atoms with E-state index < -0.39 is 0 Å². The van der Waals surface area contributed by atoms with Crippen molar-refractivity contribution in [3.63, 3.8) is 0 Å². The zero-order valence-electron chi connectivity index (χ0n) is 15.9. The third-order valence-corrected chi connectivity index (χ3v) is 5.59. The van der Waals surface area contributed by atoms with Crippen LogP contribution >= 0.6 is 27.7 Å². The highest BCUT2D eigenvalue weighted by Gasteiger charge is 2.38. The lowest BCUT2D eigenvalue weighted by atomic mass is 9.94. The van der Waals surface area contributed by atoms with Crippen LogP contribution in [0.4, 0.5) is 0 Å². The molecule has 0 saturated heterocycles. The lowest BCUT2D eigenvalue weighted by Gasteiger charge is -2.33. The average Bonchev–Trinajstić information content (AvgIpc) is 3.13. The van der Waals surface area contributed by atoms with Crippen molar-refractivity contribution in [3.8, 4) is 11.5 Å². The summed E-state index contributed by atoms with van der Waals surface area (Å²) in [7, 11) is 1.58. The minimum absolute atomic E-state index is 0.296. The van der Waals surface area contributed by atoms with Crippen LogP contribution in [0.25, 0.3) is 0 Å². The van der Waals surface area contributed by atoms with Crippen LogP contribution in [-0.4, -0.2) is 36.4 Å². The van der Waals surface area contributed by atoms with E-state index in [0.717, 1.165) is 15.2 Å². The van der Waals surface area contributed by atoms with Crippen molar-refractivity contribution in [2.75, 3.05) is 20.3 Å². The van der Waals surface area contributed by atoms with Gasteiger partial charge in [0.05, 0.1) is 35.5 Å². The molecule has 6 nitrogen and oxygen atoms in total. The molecule has 8 heteroatoms. The van der Waals surface area contributed by atoms with E-state index in [1.807, 2.05) is 35.6 Å². The van der Waals surface area contributed by atoms with Gasteiger partial charge >= 0.3 is 5.97 Å². The summed E-state index contributed by atoms with van der Waals surface area (Å²) < 4.78 is 17.3. The number of amidine groups is 1. The van der Waals surface area contributed by atoms with E-state index in [1.54, 1.807) is 20.1 Å². The Balaban J connectivity index is 2.12. The fourth-order valence-electron chi connectivity index (χ4n) is 3.08. The van der Waals surface area contributed by atoms with Gasteiger partial charge < -0.3 is 19.1 Å². The molecule has 2 heterocycles. The molecule has 0 spiro atoms. The van der Waals surface area contributed by atoms with Crippen LogP contribution in [0.15, 0.2) is 57.1 Å². The number of nitrogens with zero attached hydrogens (tertiary/aromatic N) is 2. The number of carbonyl (C=O) groups excluding carboxylic acids is 1. The van der Waals surface area contributed by atoms with Crippen molar-refractivity contribution in [1.82, 2.24) is 4.90 Å². The number of hydrogen-bond donors (Lipinski definition) is 0. The second kappa shape index (κ2) is 8.87. The standard InChI is InChI=1S/C20H21BrN2O4S/c1-5-8-27-18-14(21)10-13(11-15(18)25-4)17-16(19(24)26-6-2)12(3)22-20-23(17)7-9-28-20/h5,7,9-11,17H,1,6,8H2,2-4H3/t17-/m0/s1. The Morgan fingerprint density at radius 3 is 2.93 bits per heavy atom. The number of methoxy groups -OCH3 is 1. The molecular formula is C20H21BrN2O4S. The molecule has 0 aliphatic carbocycles. The van der Waals surface area contributed by atoms with Crippen LogP contribution in [0.5, 0.6) is 11.5 Å². The summed E-state index contributed by atoms with van der Waals surface area (Å²) in [6.07, 6.45) is 3.59. The smallest absolute Gasteiger partial charge is 0.338 e. The van der Waals surface area contributed by atoms with Gasteiger partial charge in [-0.1, -0.05) is 24.4 Å². The normalized spacial score (nSPS) is 17.9. The van der Waals surface area contributed by atoms with Crippen LogP contribution in [0.3, 0.4) is 0 Å². The molecule has 0 N–H and O–H groups in total. The number of fused-ring (bicyclic) bond motifs is 1. The summed E-state index contributed by atoms with van der Waals surface area (Å²) in [5.41, 5.74) is 2.01.